The molecule has 0 heterocycles. The molecule has 0 atom stereocenters. The monoisotopic (exact) mass is 705 g/mol. The van der Waals surface area contributed by atoms with Gasteiger partial charge in [-0.15, -0.1) is 0 Å². The van der Waals surface area contributed by atoms with Crippen molar-refractivity contribution in [3.05, 3.63) is 62.7 Å². The number of hydrogen-bond acceptors (Lipinski definition) is 0. The van der Waals surface area contributed by atoms with Crippen molar-refractivity contribution in [3.8, 4) is 0 Å². The van der Waals surface area contributed by atoms with E-state index < -0.39 is 0 Å². The fourth-order valence-corrected chi connectivity index (χ4v) is 12.7. The molecule has 2 aliphatic rings. The summed E-state index contributed by atoms with van der Waals surface area (Å²) in [6.07, 6.45) is 17.7. The van der Waals surface area contributed by atoms with Crippen LogP contribution in [0.1, 0.15) is 83.1 Å². The number of rotatable bonds is 2. The first kappa shape index (κ1) is 38.2. The Labute approximate surface area is 237 Å². The van der Waals surface area contributed by atoms with E-state index in [0.717, 1.165) is 0 Å². The maximum atomic E-state index is 2.36. The van der Waals surface area contributed by atoms with Gasteiger partial charge in [-0.3, -0.25) is 0 Å². The summed E-state index contributed by atoms with van der Waals surface area (Å²) >= 11 is 0. The first-order valence-electron chi connectivity index (χ1n) is 10.5. The molecule has 5 heteroatoms. The zero-order chi connectivity index (χ0) is 22.0. The Morgan fingerprint density at radius 3 is 0.742 bits per heavy atom. The van der Waals surface area contributed by atoms with E-state index in [1.165, 1.54) is 0 Å². The molecule has 2 rings (SSSR count). The predicted molar refractivity (Wildman–Crippen MR) is 134 cm³/mol. The molecule has 31 heavy (non-hydrogen) atoms. The predicted octanol–water partition coefficient (Wildman–Crippen LogP) is 5.86. The van der Waals surface area contributed by atoms with E-state index in [0.29, 0.717) is 20.6 Å². The van der Waals surface area contributed by atoms with Gasteiger partial charge in [-0.1, -0.05) is 98.9 Å². The standard InChI is InChI=1S/2C13H22P.BrH.Pd.Ru/c2*1-12(2,3)14(13(4,5)6)11-9-7-8-10-11;;;/h2*7-10H,1-6H3;1H;;/q;;;2*+2/p-1. The molecule has 0 aliphatic heterocycles. The molecule has 0 aromatic rings. The Morgan fingerprint density at radius 2 is 0.613 bits per heavy atom. The maximum Gasteiger partial charge on any atom is 2.00 e. The first-order chi connectivity index (χ1) is 12.5. The molecule has 0 bridgehead atoms. The van der Waals surface area contributed by atoms with Crippen LogP contribution in [0.2, 0.25) is 0 Å². The van der Waals surface area contributed by atoms with Crippen LogP contribution in [0.3, 0.4) is 0 Å². The average Bonchev–Trinajstić information content (AvgIpc) is 3.06. The van der Waals surface area contributed by atoms with Crippen molar-refractivity contribution in [1.29, 1.82) is 0 Å². The summed E-state index contributed by atoms with van der Waals surface area (Å²) in [5.74, 6) is 0. The quantitative estimate of drug-likeness (QED) is 0.250. The molecular weight excluding hydrogens is 662 g/mol. The molecular formula is C26H44BrP2PdRu+3. The molecule has 2 aliphatic carbocycles. The van der Waals surface area contributed by atoms with Crippen LogP contribution in [-0.4, -0.2) is 20.6 Å². The largest absolute Gasteiger partial charge is 2.00 e. The van der Waals surface area contributed by atoms with E-state index in [-0.39, 0.29) is 72.7 Å². The van der Waals surface area contributed by atoms with Gasteiger partial charge < -0.3 is 17.0 Å². The second kappa shape index (κ2) is 15.0. The molecule has 0 nitrogen and oxygen atoms in total. The topological polar surface area (TPSA) is 0 Å². The normalized spacial score (nSPS) is 18.8. The van der Waals surface area contributed by atoms with Gasteiger partial charge >= 0.3 is 39.9 Å². The van der Waals surface area contributed by atoms with E-state index in [1.807, 2.05) is 0 Å². The van der Waals surface area contributed by atoms with Crippen LogP contribution in [0, 0.1) is 62.7 Å². The fourth-order valence-electron chi connectivity index (χ4n) is 4.59. The Kier molecular flexibility index (Phi) is 18.5. The summed E-state index contributed by atoms with van der Waals surface area (Å²) in [4.78, 5) is 0. The maximum absolute atomic E-state index is 2.36. The van der Waals surface area contributed by atoms with Crippen molar-refractivity contribution in [2.45, 2.75) is 104 Å². The molecule has 10 radical (unpaired) electrons. The van der Waals surface area contributed by atoms with Crippen molar-refractivity contribution in [1.82, 2.24) is 0 Å². The van der Waals surface area contributed by atoms with E-state index in [1.54, 1.807) is 11.3 Å². The third-order valence-electron chi connectivity index (χ3n) is 4.49. The number of hydrogen-bond donors (Lipinski definition) is 0. The smallest absolute Gasteiger partial charge is 1.00 e. The first-order valence-corrected chi connectivity index (χ1v) is 13.2. The van der Waals surface area contributed by atoms with Gasteiger partial charge in [0, 0.05) is 11.3 Å². The summed E-state index contributed by atoms with van der Waals surface area (Å²) in [5, 5.41) is 1.56. The van der Waals surface area contributed by atoms with Gasteiger partial charge in [0.25, 0.3) is 0 Å². The van der Waals surface area contributed by atoms with Gasteiger partial charge in [0.2, 0.25) is 0 Å². The van der Waals surface area contributed by atoms with E-state index in [4.69, 9.17) is 0 Å². The third-order valence-corrected chi connectivity index (χ3v) is 11.5. The van der Waals surface area contributed by atoms with Crippen molar-refractivity contribution in [2.24, 2.45) is 0 Å². The Hall–Kier alpha value is 2.63. The summed E-state index contributed by atoms with van der Waals surface area (Å²) in [6, 6.07) is 0. The van der Waals surface area contributed by atoms with Crippen molar-refractivity contribution < 1.29 is 56.9 Å². The SMILES string of the molecule is CC(C)(C)P([C]1[CH][CH][CH][CH]1)C(C)(C)C.CC(C)(C)P([C]1[CH][CH][CH][CH]1)C(C)(C)C.[Br-].[Pd+2].[Ru+2]. The number of halogens is 1. The van der Waals surface area contributed by atoms with Gasteiger partial charge in [0.1, 0.15) is 0 Å². The zero-order valence-corrected chi connectivity index (χ0v) is 28.2. The summed E-state index contributed by atoms with van der Waals surface area (Å²) in [5.41, 5.74) is 3.08. The zero-order valence-electron chi connectivity index (χ0n) is 21.6. The van der Waals surface area contributed by atoms with Crippen LogP contribution >= 0.6 is 15.8 Å². The van der Waals surface area contributed by atoms with Gasteiger partial charge in [-0.05, 0) is 72.0 Å². The Bertz CT molecular complexity index is 388. The molecule has 0 aromatic heterocycles. The van der Waals surface area contributed by atoms with E-state index in [9.17, 15) is 0 Å². The van der Waals surface area contributed by atoms with Crippen LogP contribution in [0.15, 0.2) is 0 Å². The third kappa shape index (κ3) is 12.9. The molecule has 2 saturated carbocycles. The van der Waals surface area contributed by atoms with Crippen LogP contribution in [-0.2, 0) is 39.9 Å². The second-order valence-corrected chi connectivity index (χ2v) is 19.4. The van der Waals surface area contributed by atoms with Gasteiger partial charge in [-0.25, -0.2) is 0 Å². The fraction of sp³-hybridized carbons (Fsp3) is 0.615. The van der Waals surface area contributed by atoms with Crippen LogP contribution in [0.5, 0.6) is 0 Å². The minimum atomic E-state index is -0.101. The van der Waals surface area contributed by atoms with Crippen molar-refractivity contribution in [3.63, 3.8) is 0 Å². The molecule has 0 amide bonds. The minimum Gasteiger partial charge on any atom is -1.00 e. The summed E-state index contributed by atoms with van der Waals surface area (Å²) in [7, 11) is -0.202. The Morgan fingerprint density at radius 1 is 0.452 bits per heavy atom. The van der Waals surface area contributed by atoms with E-state index >= 15 is 0 Å². The van der Waals surface area contributed by atoms with Crippen LogP contribution < -0.4 is 17.0 Å². The molecule has 0 saturated heterocycles. The Balaban J connectivity index is -0.000000461. The molecule has 0 N–H and O–H groups in total. The second-order valence-electron chi connectivity index (χ2n) is 11.6. The van der Waals surface area contributed by atoms with Crippen LogP contribution in [0.4, 0.5) is 0 Å². The molecule has 180 valence electrons. The molecule has 0 aromatic carbocycles. The molecule has 0 unspecified atom stereocenters. The van der Waals surface area contributed by atoms with Crippen LogP contribution in [0.25, 0.3) is 0 Å². The van der Waals surface area contributed by atoms with Crippen molar-refractivity contribution in [2.75, 3.05) is 0 Å². The van der Waals surface area contributed by atoms with Gasteiger partial charge in [0.15, 0.2) is 0 Å². The molecule has 2 fully saturated rings. The average molecular weight is 706 g/mol. The van der Waals surface area contributed by atoms with Gasteiger partial charge in [0.05, 0.1) is 0 Å². The van der Waals surface area contributed by atoms with Crippen molar-refractivity contribution >= 4 is 15.8 Å². The van der Waals surface area contributed by atoms with E-state index in [2.05, 4.69) is 134 Å². The summed E-state index contributed by atoms with van der Waals surface area (Å²) in [6.45, 7) is 28.3. The van der Waals surface area contributed by atoms with Gasteiger partial charge in [-0.2, -0.15) is 0 Å². The summed E-state index contributed by atoms with van der Waals surface area (Å²) < 4.78 is 0. The minimum absolute atomic E-state index is 0. The molecule has 0 spiro atoms.